The highest BCUT2D eigenvalue weighted by Crippen LogP contribution is 2.28. The lowest BCUT2D eigenvalue weighted by molar-refractivity contribution is -0.182. The Morgan fingerprint density at radius 1 is 1.14 bits per heavy atom. The smallest absolute Gasteiger partial charge is 0.299 e. The van der Waals surface area contributed by atoms with Gasteiger partial charge in [-0.2, -0.15) is 13.2 Å². The van der Waals surface area contributed by atoms with Gasteiger partial charge < -0.3 is 0 Å². The molecule has 2 fully saturated rings. The zero-order valence-corrected chi connectivity index (χ0v) is 16.2. The Kier molecular flexibility index (Phi) is 6.90. The minimum absolute atomic E-state index is 0.219. The lowest BCUT2D eigenvalue weighted by Crippen LogP contribution is -2.52. The standard InChI is InChI=1S/C19H28F3N5O/c1-15(19(20,21)22)25-11-6-16(7-12-25)26-9-4-10-27(14-13-26)24-18(28)17-5-2-3-8-23-17/h2-3,5,8,15-16H,4,6-7,9-14H2,1H3,(H,24,28)/t15-/m1/s1. The van der Waals surface area contributed by atoms with Gasteiger partial charge in [0.05, 0.1) is 0 Å². The highest BCUT2D eigenvalue weighted by atomic mass is 19.4. The van der Waals surface area contributed by atoms with Gasteiger partial charge >= 0.3 is 6.18 Å². The normalized spacial score (nSPS) is 22.6. The topological polar surface area (TPSA) is 51.7 Å². The second-order valence-corrected chi connectivity index (χ2v) is 7.52. The minimum Gasteiger partial charge on any atom is -0.299 e. The number of nitrogens with one attached hydrogen (secondary N) is 1. The number of pyridine rings is 1. The van der Waals surface area contributed by atoms with Crippen molar-refractivity contribution in [3.05, 3.63) is 30.1 Å². The average Bonchev–Trinajstić information content (AvgIpc) is 2.93. The number of rotatable bonds is 4. The molecule has 1 aromatic rings. The molecule has 0 spiro atoms. The lowest BCUT2D eigenvalue weighted by Gasteiger charge is -2.40. The van der Waals surface area contributed by atoms with Gasteiger partial charge in [0.15, 0.2) is 0 Å². The maximum absolute atomic E-state index is 12.9. The van der Waals surface area contributed by atoms with Crippen molar-refractivity contribution in [2.75, 3.05) is 39.3 Å². The van der Waals surface area contributed by atoms with Gasteiger partial charge in [0, 0.05) is 45.0 Å². The number of amides is 1. The van der Waals surface area contributed by atoms with E-state index in [4.69, 9.17) is 0 Å². The fourth-order valence-corrected chi connectivity index (χ4v) is 3.96. The first-order valence-electron chi connectivity index (χ1n) is 9.86. The van der Waals surface area contributed by atoms with Crippen LogP contribution in [0.25, 0.3) is 0 Å². The van der Waals surface area contributed by atoms with Crippen LogP contribution < -0.4 is 5.43 Å². The highest BCUT2D eigenvalue weighted by molar-refractivity contribution is 5.91. The summed E-state index contributed by atoms with van der Waals surface area (Å²) in [6.45, 7) is 5.33. The van der Waals surface area contributed by atoms with E-state index in [9.17, 15) is 18.0 Å². The molecule has 1 amide bonds. The molecule has 9 heteroatoms. The van der Waals surface area contributed by atoms with Gasteiger partial charge in [-0.1, -0.05) is 6.07 Å². The van der Waals surface area contributed by atoms with E-state index in [0.717, 1.165) is 38.9 Å². The number of carbonyl (C=O) groups excluding carboxylic acids is 1. The summed E-state index contributed by atoms with van der Waals surface area (Å²) < 4.78 is 38.7. The number of piperidine rings is 1. The van der Waals surface area contributed by atoms with Crippen LogP contribution >= 0.6 is 0 Å². The molecule has 0 radical (unpaired) electrons. The largest absolute Gasteiger partial charge is 0.403 e. The number of carbonyl (C=O) groups is 1. The number of hydrogen-bond donors (Lipinski definition) is 1. The summed E-state index contributed by atoms with van der Waals surface area (Å²) in [7, 11) is 0. The van der Waals surface area contributed by atoms with Crippen molar-refractivity contribution in [1.82, 2.24) is 25.2 Å². The van der Waals surface area contributed by atoms with Crippen LogP contribution in [-0.4, -0.2) is 83.2 Å². The van der Waals surface area contributed by atoms with Crippen molar-refractivity contribution in [2.24, 2.45) is 0 Å². The van der Waals surface area contributed by atoms with E-state index in [1.807, 2.05) is 5.01 Å². The molecule has 2 aliphatic rings. The first-order chi connectivity index (χ1) is 13.3. The molecule has 1 N–H and O–H groups in total. The third-order valence-electron chi connectivity index (χ3n) is 5.72. The number of likely N-dealkylation sites (tertiary alicyclic amines) is 1. The molecule has 0 aliphatic carbocycles. The van der Waals surface area contributed by atoms with Crippen molar-refractivity contribution >= 4 is 5.91 Å². The number of halogens is 3. The van der Waals surface area contributed by atoms with Crippen LogP contribution in [0.2, 0.25) is 0 Å². The third-order valence-corrected chi connectivity index (χ3v) is 5.72. The van der Waals surface area contributed by atoms with Crippen LogP contribution in [0.1, 0.15) is 36.7 Å². The summed E-state index contributed by atoms with van der Waals surface area (Å²) in [5.74, 6) is -0.219. The number of nitrogens with zero attached hydrogens (tertiary/aromatic N) is 4. The van der Waals surface area contributed by atoms with Crippen LogP contribution in [0.15, 0.2) is 24.4 Å². The molecule has 2 saturated heterocycles. The van der Waals surface area contributed by atoms with E-state index >= 15 is 0 Å². The molecule has 0 bridgehead atoms. The second-order valence-electron chi connectivity index (χ2n) is 7.52. The Morgan fingerprint density at radius 2 is 1.89 bits per heavy atom. The Labute approximate surface area is 163 Å². The molecular weight excluding hydrogens is 371 g/mol. The quantitative estimate of drug-likeness (QED) is 0.841. The first-order valence-corrected chi connectivity index (χ1v) is 9.86. The summed E-state index contributed by atoms with van der Waals surface area (Å²) >= 11 is 0. The van der Waals surface area contributed by atoms with Crippen molar-refractivity contribution in [1.29, 1.82) is 0 Å². The van der Waals surface area contributed by atoms with E-state index in [0.29, 0.717) is 31.4 Å². The molecule has 3 heterocycles. The molecule has 28 heavy (non-hydrogen) atoms. The van der Waals surface area contributed by atoms with Gasteiger partial charge in [-0.3, -0.25) is 25.0 Å². The zero-order chi connectivity index (χ0) is 20.1. The predicted octanol–water partition coefficient (Wildman–Crippen LogP) is 2.15. The molecule has 1 atom stereocenters. The molecule has 0 saturated carbocycles. The van der Waals surface area contributed by atoms with Gasteiger partial charge in [0.2, 0.25) is 0 Å². The summed E-state index contributed by atoms with van der Waals surface area (Å²) in [6.07, 6.45) is -0.171. The van der Waals surface area contributed by atoms with E-state index in [1.165, 1.54) is 11.8 Å². The average molecular weight is 399 g/mol. The Balaban J connectivity index is 1.46. The van der Waals surface area contributed by atoms with Crippen molar-refractivity contribution in [2.45, 2.75) is 44.4 Å². The number of hydrazine groups is 1. The Bertz CT molecular complexity index is 634. The summed E-state index contributed by atoms with van der Waals surface area (Å²) in [4.78, 5) is 20.2. The first kappa shape index (κ1) is 21.0. The van der Waals surface area contributed by atoms with Gasteiger partial charge in [0.25, 0.3) is 5.91 Å². The van der Waals surface area contributed by atoms with Crippen molar-refractivity contribution in [3.8, 4) is 0 Å². The molecule has 1 aromatic heterocycles. The molecule has 3 rings (SSSR count). The zero-order valence-electron chi connectivity index (χ0n) is 16.2. The Hall–Kier alpha value is -1.71. The molecule has 2 aliphatic heterocycles. The molecular formula is C19H28F3N5O. The predicted molar refractivity (Wildman–Crippen MR) is 99.6 cm³/mol. The van der Waals surface area contributed by atoms with Crippen LogP contribution in [-0.2, 0) is 0 Å². The van der Waals surface area contributed by atoms with Crippen LogP contribution in [0.5, 0.6) is 0 Å². The van der Waals surface area contributed by atoms with Crippen LogP contribution in [0.3, 0.4) is 0 Å². The van der Waals surface area contributed by atoms with E-state index in [1.54, 1.807) is 24.4 Å². The van der Waals surface area contributed by atoms with Crippen LogP contribution in [0.4, 0.5) is 13.2 Å². The van der Waals surface area contributed by atoms with Crippen molar-refractivity contribution < 1.29 is 18.0 Å². The molecule has 0 unspecified atom stereocenters. The van der Waals surface area contributed by atoms with Gasteiger partial charge in [-0.25, -0.2) is 5.01 Å². The minimum atomic E-state index is -4.16. The van der Waals surface area contributed by atoms with Crippen LogP contribution in [0, 0.1) is 0 Å². The van der Waals surface area contributed by atoms with E-state index < -0.39 is 12.2 Å². The summed E-state index contributed by atoms with van der Waals surface area (Å²) in [5, 5.41) is 1.91. The third kappa shape index (κ3) is 5.42. The van der Waals surface area contributed by atoms with Gasteiger partial charge in [0.1, 0.15) is 11.7 Å². The summed E-state index contributed by atoms with van der Waals surface area (Å²) in [6, 6.07) is 4.15. The molecule has 156 valence electrons. The monoisotopic (exact) mass is 399 g/mol. The fraction of sp³-hybridized carbons (Fsp3) is 0.684. The number of alkyl halides is 3. The maximum atomic E-state index is 12.9. The van der Waals surface area contributed by atoms with E-state index in [-0.39, 0.29) is 5.91 Å². The molecule has 6 nitrogen and oxygen atoms in total. The highest BCUT2D eigenvalue weighted by Gasteiger charge is 2.41. The van der Waals surface area contributed by atoms with Gasteiger partial charge in [-0.15, -0.1) is 0 Å². The molecule has 0 aromatic carbocycles. The van der Waals surface area contributed by atoms with Gasteiger partial charge in [-0.05, 0) is 44.9 Å². The second kappa shape index (κ2) is 9.19. The lowest BCUT2D eigenvalue weighted by atomic mass is 10.0. The fourth-order valence-electron chi connectivity index (χ4n) is 3.96. The Morgan fingerprint density at radius 3 is 2.54 bits per heavy atom. The van der Waals surface area contributed by atoms with E-state index in [2.05, 4.69) is 15.3 Å². The summed E-state index contributed by atoms with van der Waals surface area (Å²) in [5.41, 5.74) is 3.29. The number of hydrogen-bond acceptors (Lipinski definition) is 5. The SMILES string of the molecule is C[C@@H](N1CCC(N2CCCN(NC(=O)c3ccccn3)CC2)CC1)C(F)(F)F. The van der Waals surface area contributed by atoms with Crippen molar-refractivity contribution in [3.63, 3.8) is 0 Å². The number of aromatic nitrogens is 1. The maximum Gasteiger partial charge on any atom is 0.403 e.